The van der Waals surface area contributed by atoms with E-state index in [1.54, 1.807) is 0 Å². The number of carbonyl (C=O) groups is 2. The summed E-state index contributed by atoms with van der Waals surface area (Å²) in [6.07, 6.45) is 3.39. The molecule has 1 aromatic rings. The van der Waals surface area contributed by atoms with Crippen LogP contribution in [0.1, 0.15) is 41.6 Å². The highest BCUT2D eigenvalue weighted by atomic mass is 16.5. The highest BCUT2D eigenvalue weighted by molar-refractivity contribution is 5.95. The van der Waals surface area contributed by atoms with Crippen molar-refractivity contribution >= 4 is 11.9 Å². The van der Waals surface area contributed by atoms with Crippen LogP contribution in [0.2, 0.25) is 0 Å². The number of rotatable bonds is 3. The summed E-state index contributed by atoms with van der Waals surface area (Å²) in [5.74, 6) is -0.311. The second-order valence-electron chi connectivity index (χ2n) is 5.37. The Morgan fingerprint density at radius 2 is 2.00 bits per heavy atom. The van der Waals surface area contributed by atoms with Gasteiger partial charge in [0.2, 0.25) is 0 Å². The maximum absolute atomic E-state index is 12.3. The minimum atomic E-state index is -0.167. The Morgan fingerprint density at radius 1 is 1.25 bits per heavy atom. The lowest BCUT2D eigenvalue weighted by molar-refractivity contribution is -0.146. The molecular formula is C16H21NO3. The van der Waals surface area contributed by atoms with E-state index < -0.39 is 0 Å². The molecule has 2 atom stereocenters. The van der Waals surface area contributed by atoms with Gasteiger partial charge in [-0.1, -0.05) is 24.6 Å². The fourth-order valence-corrected chi connectivity index (χ4v) is 2.79. The fraction of sp³-hybridized carbons (Fsp3) is 0.500. The first-order valence-electron chi connectivity index (χ1n) is 7.06. The van der Waals surface area contributed by atoms with Gasteiger partial charge < -0.3 is 10.1 Å². The Labute approximate surface area is 119 Å². The third-order valence-electron chi connectivity index (χ3n) is 3.93. The molecule has 1 aliphatic carbocycles. The van der Waals surface area contributed by atoms with Crippen LogP contribution in [0.25, 0.3) is 0 Å². The van der Waals surface area contributed by atoms with E-state index in [2.05, 4.69) is 5.32 Å². The topological polar surface area (TPSA) is 55.4 Å². The van der Waals surface area contributed by atoms with E-state index in [0.717, 1.165) is 24.8 Å². The molecule has 0 bridgehead atoms. The standard InChI is InChI=1S/C16H21NO3/c1-11-6-3-4-9-14(11)15(18)17-13-8-5-7-12(10-13)16(19)20-2/h3-4,6,9,12-13H,5,7-8,10H2,1-2H3,(H,17,18)/t12-,13+/m0/s1. The number of aryl methyl sites for hydroxylation is 1. The largest absolute Gasteiger partial charge is 0.469 e. The van der Waals surface area contributed by atoms with Crippen LogP contribution in [0.3, 0.4) is 0 Å². The molecule has 1 N–H and O–H groups in total. The molecule has 0 heterocycles. The minimum Gasteiger partial charge on any atom is -0.469 e. The summed E-state index contributed by atoms with van der Waals surface area (Å²) in [5, 5.41) is 3.04. The number of nitrogens with one attached hydrogen (secondary N) is 1. The number of benzene rings is 1. The van der Waals surface area contributed by atoms with Crippen molar-refractivity contribution in [2.24, 2.45) is 5.92 Å². The first-order valence-corrected chi connectivity index (χ1v) is 7.06. The first-order chi connectivity index (χ1) is 9.61. The van der Waals surface area contributed by atoms with E-state index in [1.165, 1.54) is 7.11 Å². The number of methoxy groups -OCH3 is 1. The van der Waals surface area contributed by atoms with Gasteiger partial charge in [0.15, 0.2) is 0 Å². The first kappa shape index (κ1) is 14.6. The van der Waals surface area contributed by atoms with Crippen molar-refractivity contribution in [1.82, 2.24) is 5.32 Å². The van der Waals surface area contributed by atoms with Crippen molar-refractivity contribution in [3.8, 4) is 0 Å². The Kier molecular flexibility index (Phi) is 4.77. The number of hydrogen-bond acceptors (Lipinski definition) is 3. The molecule has 1 amide bonds. The van der Waals surface area contributed by atoms with E-state index in [4.69, 9.17) is 4.74 Å². The monoisotopic (exact) mass is 275 g/mol. The van der Waals surface area contributed by atoms with Crippen LogP contribution in [0.15, 0.2) is 24.3 Å². The Bertz CT molecular complexity index is 498. The summed E-state index contributed by atoms with van der Waals surface area (Å²) in [5.41, 5.74) is 1.66. The molecular weight excluding hydrogens is 254 g/mol. The smallest absolute Gasteiger partial charge is 0.308 e. The van der Waals surface area contributed by atoms with Crippen molar-refractivity contribution < 1.29 is 14.3 Å². The van der Waals surface area contributed by atoms with Crippen molar-refractivity contribution in [2.45, 2.75) is 38.6 Å². The molecule has 1 aromatic carbocycles. The molecule has 0 spiro atoms. The zero-order chi connectivity index (χ0) is 14.5. The van der Waals surface area contributed by atoms with Gasteiger partial charge in [0.1, 0.15) is 0 Å². The number of hydrogen-bond donors (Lipinski definition) is 1. The molecule has 4 nitrogen and oxygen atoms in total. The van der Waals surface area contributed by atoms with Gasteiger partial charge in [0, 0.05) is 11.6 Å². The zero-order valence-electron chi connectivity index (χ0n) is 12.0. The Morgan fingerprint density at radius 3 is 2.70 bits per heavy atom. The predicted molar refractivity (Wildman–Crippen MR) is 76.4 cm³/mol. The lowest BCUT2D eigenvalue weighted by atomic mass is 9.85. The van der Waals surface area contributed by atoms with Crippen molar-refractivity contribution in [3.05, 3.63) is 35.4 Å². The van der Waals surface area contributed by atoms with E-state index in [0.29, 0.717) is 12.0 Å². The maximum atomic E-state index is 12.3. The molecule has 20 heavy (non-hydrogen) atoms. The zero-order valence-corrected chi connectivity index (χ0v) is 12.0. The van der Waals surface area contributed by atoms with Crippen LogP contribution < -0.4 is 5.32 Å². The molecule has 1 fully saturated rings. The summed E-state index contributed by atoms with van der Waals surface area (Å²) in [6.45, 7) is 1.92. The second-order valence-corrected chi connectivity index (χ2v) is 5.37. The molecule has 108 valence electrons. The van der Waals surface area contributed by atoms with Gasteiger partial charge in [-0.2, -0.15) is 0 Å². The molecule has 0 unspecified atom stereocenters. The molecule has 1 saturated carbocycles. The van der Waals surface area contributed by atoms with Gasteiger partial charge in [-0.15, -0.1) is 0 Å². The maximum Gasteiger partial charge on any atom is 0.308 e. The van der Waals surface area contributed by atoms with Crippen LogP contribution in [0, 0.1) is 12.8 Å². The lowest BCUT2D eigenvalue weighted by Gasteiger charge is -2.28. The van der Waals surface area contributed by atoms with Crippen LogP contribution in [-0.2, 0) is 9.53 Å². The molecule has 0 saturated heterocycles. The van der Waals surface area contributed by atoms with Gasteiger partial charge >= 0.3 is 5.97 Å². The van der Waals surface area contributed by atoms with Gasteiger partial charge in [-0.05, 0) is 37.8 Å². The number of ether oxygens (including phenoxy) is 1. The molecule has 0 aromatic heterocycles. The quantitative estimate of drug-likeness (QED) is 0.862. The lowest BCUT2D eigenvalue weighted by Crippen LogP contribution is -2.40. The van der Waals surface area contributed by atoms with Crippen molar-refractivity contribution in [1.29, 1.82) is 0 Å². The van der Waals surface area contributed by atoms with Gasteiger partial charge in [-0.3, -0.25) is 9.59 Å². The SMILES string of the molecule is COC(=O)[C@H]1CCC[C@@H](NC(=O)c2ccccc2C)C1. The molecule has 2 rings (SSSR count). The van der Waals surface area contributed by atoms with E-state index in [-0.39, 0.29) is 23.8 Å². The number of esters is 1. The van der Waals surface area contributed by atoms with E-state index in [1.807, 2.05) is 31.2 Å². The van der Waals surface area contributed by atoms with E-state index in [9.17, 15) is 9.59 Å². The summed E-state index contributed by atoms with van der Waals surface area (Å²) in [4.78, 5) is 23.8. The number of amides is 1. The van der Waals surface area contributed by atoms with Gasteiger partial charge in [0.05, 0.1) is 13.0 Å². The number of carbonyl (C=O) groups excluding carboxylic acids is 2. The third-order valence-corrected chi connectivity index (χ3v) is 3.93. The minimum absolute atomic E-state index is 0.0555. The van der Waals surface area contributed by atoms with Crippen LogP contribution in [0.5, 0.6) is 0 Å². The third kappa shape index (κ3) is 3.38. The van der Waals surface area contributed by atoms with E-state index >= 15 is 0 Å². The molecule has 0 radical (unpaired) electrons. The van der Waals surface area contributed by atoms with Crippen LogP contribution >= 0.6 is 0 Å². The summed E-state index contributed by atoms with van der Waals surface area (Å²) in [7, 11) is 1.41. The summed E-state index contributed by atoms with van der Waals surface area (Å²) < 4.78 is 4.80. The molecule has 1 aliphatic rings. The highest BCUT2D eigenvalue weighted by Crippen LogP contribution is 2.25. The van der Waals surface area contributed by atoms with Crippen LogP contribution in [0.4, 0.5) is 0 Å². The predicted octanol–water partition coefficient (Wildman–Crippen LogP) is 2.46. The summed E-state index contributed by atoms with van der Waals surface area (Å²) in [6, 6.07) is 7.58. The molecule has 0 aliphatic heterocycles. The molecule has 4 heteroatoms. The average Bonchev–Trinajstić information content (AvgIpc) is 2.47. The second kappa shape index (κ2) is 6.55. The summed E-state index contributed by atoms with van der Waals surface area (Å²) >= 11 is 0. The fourth-order valence-electron chi connectivity index (χ4n) is 2.79. The van der Waals surface area contributed by atoms with Gasteiger partial charge in [0.25, 0.3) is 5.91 Å². The van der Waals surface area contributed by atoms with Crippen molar-refractivity contribution in [3.63, 3.8) is 0 Å². The van der Waals surface area contributed by atoms with Crippen molar-refractivity contribution in [2.75, 3.05) is 7.11 Å². The highest BCUT2D eigenvalue weighted by Gasteiger charge is 2.28. The average molecular weight is 275 g/mol. The normalized spacial score (nSPS) is 22.1. The Hall–Kier alpha value is -1.84. The van der Waals surface area contributed by atoms with Gasteiger partial charge in [-0.25, -0.2) is 0 Å². The Balaban J connectivity index is 1.98. The van der Waals surface area contributed by atoms with Crippen LogP contribution in [-0.4, -0.2) is 25.0 Å².